The molecule has 0 unspecified atom stereocenters. The van der Waals surface area contributed by atoms with E-state index in [1.807, 2.05) is 45.0 Å². The third kappa shape index (κ3) is 5.01. The van der Waals surface area contributed by atoms with Gasteiger partial charge in [-0.05, 0) is 38.8 Å². The molecule has 3 N–H and O–H groups in total. The molecule has 0 fully saturated rings. The van der Waals surface area contributed by atoms with E-state index in [1.165, 1.54) is 0 Å². The Kier molecular flexibility index (Phi) is 4.71. The number of carbonyl (C=O) groups is 1. The predicted molar refractivity (Wildman–Crippen MR) is 74.5 cm³/mol. The fourth-order valence-electron chi connectivity index (χ4n) is 1.65. The summed E-state index contributed by atoms with van der Waals surface area (Å²) in [7, 11) is 0. The molecule has 1 rings (SSSR count). The van der Waals surface area contributed by atoms with Gasteiger partial charge in [-0.3, -0.25) is 4.79 Å². The van der Waals surface area contributed by atoms with Gasteiger partial charge in [-0.2, -0.15) is 0 Å². The SMILES string of the molecule is CC(C)(C)OC(=O)[C@@](C)(N)Cc1ccc(CO)cc1. The van der Waals surface area contributed by atoms with Crippen molar-refractivity contribution in [3.05, 3.63) is 35.4 Å². The van der Waals surface area contributed by atoms with Crippen LogP contribution in [0.1, 0.15) is 38.8 Å². The van der Waals surface area contributed by atoms with Crippen LogP contribution in [0.3, 0.4) is 0 Å². The van der Waals surface area contributed by atoms with Crippen LogP contribution in [0, 0.1) is 0 Å². The zero-order valence-electron chi connectivity index (χ0n) is 12.1. The molecule has 0 aliphatic rings. The molecule has 0 saturated heterocycles. The number of nitrogens with two attached hydrogens (primary N) is 1. The second-order valence-electron chi connectivity index (χ2n) is 6.07. The van der Waals surface area contributed by atoms with Gasteiger partial charge in [0.25, 0.3) is 0 Å². The van der Waals surface area contributed by atoms with Gasteiger partial charge < -0.3 is 15.6 Å². The maximum absolute atomic E-state index is 12.0. The van der Waals surface area contributed by atoms with Gasteiger partial charge in [-0.1, -0.05) is 24.3 Å². The topological polar surface area (TPSA) is 72.5 Å². The van der Waals surface area contributed by atoms with Crippen molar-refractivity contribution in [2.24, 2.45) is 5.73 Å². The van der Waals surface area contributed by atoms with E-state index in [9.17, 15) is 4.79 Å². The number of aliphatic hydroxyl groups is 1. The summed E-state index contributed by atoms with van der Waals surface area (Å²) in [6.45, 7) is 7.12. The maximum Gasteiger partial charge on any atom is 0.326 e. The minimum Gasteiger partial charge on any atom is -0.459 e. The van der Waals surface area contributed by atoms with Crippen molar-refractivity contribution in [1.82, 2.24) is 0 Å². The molecule has 0 heterocycles. The molecule has 0 amide bonds. The molecule has 0 spiro atoms. The molecule has 1 aromatic rings. The fourth-order valence-corrected chi connectivity index (χ4v) is 1.65. The van der Waals surface area contributed by atoms with Crippen molar-refractivity contribution in [1.29, 1.82) is 0 Å². The molecular formula is C15H23NO3. The van der Waals surface area contributed by atoms with Gasteiger partial charge >= 0.3 is 5.97 Å². The predicted octanol–water partition coefficient (Wildman–Crippen LogP) is 1.78. The summed E-state index contributed by atoms with van der Waals surface area (Å²) in [5, 5.41) is 8.98. The molecular weight excluding hydrogens is 242 g/mol. The number of aliphatic hydroxyl groups excluding tert-OH is 1. The van der Waals surface area contributed by atoms with Gasteiger partial charge in [0.15, 0.2) is 0 Å². The Morgan fingerprint density at radius 3 is 2.05 bits per heavy atom. The van der Waals surface area contributed by atoms with Crippen molar-refractivity contribution in [2.75, 3.05) is 0 Å². The largest absolute Gasteiger partial charge is 0.459 e. The van der Waals surface area contributed by atoms with Crippen LogP contribution in [0.2, 0.25) is 0 Å². The van der Waals surface area contributed by atoms with Crippen LogP contribution >= 0.6 is 0 Å². The van der Waals surface area contributed by atoms with Gasteiger partial charge in [0.2, 0.25) is 0 Å². The lowest BCUT2D eigenvalue weighted by molar-refractivity contribution is -0.160. The number of esters is 1. The highest BCUT2D eigenvalue weighted by Gasteiger charge is 2.33. The van der Waals surface area contributed by atoms with E-state index in [1.54, 1.807) is 6.92 Å². The smallest absolute Gasteiger partial charge is 0.326 e. The Balaban J connectivity index is 2.74. The minimum atomic E-state index is -1.06. The van der Waals surface area contributed by atoms with Crippen molar-refractivity contribution in [3.63, 3.8) is 0 Å². The quantitative estimate of drug-likeness (QED) is 0.814. The molecule has 0 aromatic heterocycles. The monoisotopic (exact) mass is 265 g/mol. The fraction of sp³-hybridized carbons (Fsp3) is 0.533. The molecule has 19 heavy (non-hydrogen) atoms. The summed E-state index contributed by atoms with van der Waals surface area (Å²) >= 11 is 0. The molecule has 0 saturated carbocycles. The first-order valence-corrected chi connectivity index (χ1v) is 6.35. The zero-order chi connectivity index (χ0) is 14.7. The lowest BCUT2D eigenvalue weighted by Crippen LogP contribution is -2.50. The Bertz CT molecular complexity index is 430. The van der Waals surface area contributed by atoms with Gasteiger partial charge in [-0.15, -0.1) is 0 Å². The summed E-state index contributed by atoms with van der Waals surface area (Å²) < 4.78 is 5.32. The Hall–Kier alpha value is -1.39. The van der Waals surface area contributed by atoms with Gasteiger partial charge in [0.1, 0.15) is 11.1 Å². The standard InChI is InChI=1S/C15H23NO3/c1-14(2,3)19-13(18)15(4,16)9-11-5-7-12(10-17)8-6-11/h5-8,17H,9-10,16H2,1-4H3/t15-/m0/s1. The molecule has 4 heteroatoms. The van der Waals surface area contributed by atoms with E-state index in [2.05, 4.69) is 0 Å². The van der Waals surface area contributed by atoms with Crippen LogP contribution in [0.5, 0.6) is 0 Å². The molecule has 0 aliphatic heterocycles. The van der Waals surface area contributed by atoms with E-state index in [0.717, 1.165) is 11.1 Å². The second kappa shape index (κ2) is 5.72. The van der Waals surface area contributed by atoms with Crippen LogP contribution in [0.4, 0.5) is 0 Å². The highest BCUT2D eigenvalue weighted by molar-refractivity contribution is 5.80. The molecule has 0 aliphatic carbocycles. The number of carbonyl (C=O) groups excluding carboxylic acids is 1. The van der Waals surface area contributed by atoms with E-state index in [0.29, 0.717) is 6.42 Å². The number of hydrogen-bond acceptors (Lipinski definition) is 4. The van der Waals surface area contributed by atoms with Crippen LogP contribution in [0.15, 0.2) is 24.3 Å². The molecule has 1 atom stereocenters. The van der Waals surface area contributed by atoms with Crippen LogP contribution < -0.4 is 5.73 Å². The van der Waals surface area contributed by atoms with Crippen molar-refractivity contribution in [2.45, 2.75) is 51.9 Å². The minimum absolute atomic E-state index is 0.00619. The zero-order valence-corrected chi connectivity index (χ0v) is 12.1. The molecule has 0 bridgehead atoms. The molecule has 0 radical (unpaired) electrons. The summed E-state index contributed by atoms with van der Waals surface area (Å²) in [5.41, 5.74) is 6.21. The first-order chi connectivity index (χ1) is 8.64. The molecule has 4 nitrogen and oxygen atoms in total. The van der Waals surface area contributed by atoms with Crippen LogP contribution in [0.25, 0.3) is 0 Å². The Labute approximate surface area is 114 Å². The van der Waals surface area contributed by atoms with E-state index in [-0.39, 0.29) is 6.61 Å². The number of hydrogen-bond donors (Lipinski definition) is 2. The Morgan fingerprint density at radius 2 is 1.63 bits per heavy atom. The van der Waals surface area contributed by atoms with Crippen molar-refractivity contribution >= 4 is 5.97 Å². The summed E-state index contributed by atoms with van der Waals surface area (Å²) in [6, 6.07) is 7.36. The number of rotatable bonds is 4. The normalized spacial score (nSPS) is 14.8. The molecule has 1 aromatic carbocycles. The number of ether oxygens (including phenoxy) is 1. The van der Waals surface area contributed by atoms with Crippen molar-refractivity contribution in [3.8, 4) is 0 Å². The highest BCUT2D eigenvalue weighted by Crippen LogP contribution is 2.17. The summed E-state index contributed by atoms with van der Waals surface area (Å²) in [6.07, 6.45) is 0.396. The average Bonchev–Trinajstić information content (AvgIpc) is 2.27. The lowest BCUT2D eigenvalue weighted by atomic mass is 9.93. The van der Waals surface area contributed by atoms with Crippen molar-refractivity contribution < 1.29 is 14.6 Å². The molecule has 106 valence electrons. The third-order valence-electron chi connectivity index (χ3n) is 2.64. The van der Waals surface area contributed by atoms with Gasteiger partial charge in [-0.25, -0.2) is 0 Å². The Morgan fingerprint density at radius 1 is 1.16 bits per heavy atom. The summed E-state index contributed by atoms with van der Waals surface area (Å²) in [4.78, 5) is 12.0. The van der Waals surface area contributed by atoms with Crippen LogP contribution in [-0.4, -0.2) is 22.2 Å². The first kappa shape index (κ1) is 15.7. The van der Waals surface area contributed by atoms with Gasteiger partial charge in [0, 0.05) is 6.42 Å². The third-order valence-corrected chi connectivity index (χ3v) is 2.64. The average molecular weight is 265 g/mol. The lowest BCUT2D eigenvalue weighted by Gasteiger charge is -2.28. The second-order valence-corrected chi connectivity index (χ2v) is 6.07. The highest BCUT2D eigenvalue weighted by atomic mass is 16.6. The van der Waals surface area contributed by atoms with Gasteiger partial charge in [0.05, 0.1) is 6.61 Å². The van der Waals surface area contributed by atoms with E-state index >= 15 is 0 Å². The maximum atomic E-state index is 12.0. The van der Waals surface area contributed by atoms with E-state index in [4.69, 9.17) is 15.6 Å². The summed E-state index contributed by atoms with van der Waals surface area (Å²) in [5.74, 6) is -0.411. The van der Waals surface area contributed by atoms with Crippen LogP contribution in [-0.2, 0) is 22.6 Å². The first-order valence-electron chi connectivity index (χ1n) is 6.35. The van der Waals surface area contributed by atoms with E-state index < -0.39 is 17.1 Å². The number of benzene rings is 1.